The Labute approximate surface area is 143 Å². The molecule has 2 aromatic rings. The van der Waals surface area contributed by atoms with Crippen molar-refractivity contribution in [3.05, 3.63) is 56.6 Å². The van der Waals surface area contributed by atoms with Crippen molar-refractivity contribution in [2.75, 3.05) is 20.3 Å². The maximum Gasteiger partial charge on any atom is 0.133 e. The smallest absolute Gasteiger partial charge is 0.133 e. The number of hydrogen-bond donors (Lipinski definition) is 1. The Morgan fingerprint density at radius 2 is 1.90 bits per heavy atom. The topological polar surface area (TPSA) is 30.5 Å². The number of benzene rings is 2. The summed E-state index contributed by atoms with van der Waals surface area (Å²) in [5.74, 6) is 1.57. The Hall–Kier alpha value is -0.820. The van der Waals surface area contributed by atoms with Crippen LogP contribution in [-0.2, 0) is 11.3 Å². The highest BCUT2D eigenvalue weighted by atomic mass is 127. The highest BCUT2D eigenvalue weighted by Crippen LogP contribution is 2.28. The fourth-order valence-corrected chi connectivity index (χ4v) is 2.32. The zero-order valence-corrected chi connectivity index (χ0v) is 14.6. The Bertz CT molecular complexity index is 575. The second-order valence-corrected chi connectivity index (χ2v) is 6.16. The number of nitrogens with one attached hydrogen (secondary N) is 1. The quantitative estimate of drug-likeness (QED) is 0.532. The largest absolute Gasteiger partial charge is 0.457 e. The molecule has 0 bridgehead atoms. The molecule has 0 atom stereocenters. The number of rotatable bonds is 7. The van der Waals surface area contributed by atoms with Crippen LogP contribution in [-0.4, -0.2) is 20.3 Å². The van der Waals surface area contributed by atoms with E-state index in [0.29, 0.717) is 18.2 Å². The molecule has 0 radical (unpaired) electrons. The fourth-order valence-electron chi connectivity index (χ4n) is 1.80. The van der Waals surface area contributed by atoms with Crippen LogP contribution in [0, 0.1) is 3.57 Å². The van der Waals surface area contributed by atoms with Crippen LogP contribution in [0.1, 0.15) is 5.56 Å². The summed E-state index contributed by atoms with van der Waals surface area (Å²) in [6.45, 7) is 2.18. The van der Waals surface area contributed by atoms with Gasteiger partial charge in [0, 0.05) is 34.4 Å². The molecule has 0 spiro atoms. The lowest BCUT2D eigenvalue weighted by Crippen LogP contribution is -2.18. The zero-order chi connectivity index (χ0) is 15.1. The van der Waals surface area contributed by atoms with Crippen molar-refractivity contribution < 1.29 is 9.47 Å². The van der Waals surface area contributed by atoms with Gasteiger partial charge < -0.3 is 14.8 Å². The lowest BCUT2D eigenvalue weighted by atomic mass is 10.2. The van der Waals surface area contributed by atoms with Crippen molar-refractivity contribution in [3.8, 4) is 11.5 Å². The van der Waals surface area contributed by atoms with Crippen LogP contribution in [0.25, 0.3) is 0 Å². The van der Waals surface area contributed by atoms with E-state index in [2.05, 4.69) is 27.9 Å². The van der Waals surface area contributed by atoms with Crippen molar-refractivity contribution in [3.63, 3.8) is 0 Å². The molecule has 21 heavy (non-hydrogen) atoms. The summed E-state index contributed by atoms with van der Waals surface area (Å²) >= 11 is 8.34. The molecule has 0 aliphatic carbocycles. The summed E-state index contributed by atoms with van der Waals surface area (Å²) in [5.41, 5.74) is 1.06. The third-order valence-electron chi connectivity index (χ3n) is 2.87. The second kappa shape index (κ2) is 8.58. The number of hydrogen-bond acceptors (Lipinski definition) is 3. The monoisotopic (exact) mass is 417 g/mol. The van der Waals surface area contributed by atoms with E-state index in [1.165, 1.54) is 3.57 Å². The first-order valence-corrected chi connectivity index (χ1v) is 8.06. The highest BCUT2D eigenvalue weighted by molar-refractivity contribution is 14.1. The molecule has 1 N–H and O–H groups in total. The minimum Gasteiger partial charge on any atom is -0.457 e. The Kier molecular flexibility index (Phi) is 6.76. The SMILES string of the molecule is COCCNCc1ccc(Cl)cc1Oc1ccc(I)cc1. The van der Waals surface area contributed by atoms with Gasteiger partial charge in [0.1, 0.15) is 11.5 Å². The lowest BCUT2D eigenvalue weighted by molar-refractivity contribution is 0.199. The molecular weight excluding hydrogens is 401 g/mol. The second-order valence-electron chi connectivity index (χ2n) is 4.48. The van der Waals surface area contributed by atoms with Gasteiger partial charge in [-0.25, -0.2) is 0 Å². The summed E-state index contributed by atoms with van der Waals surface area (Å²) in [7, 11) is 1.69. The van der Waals surface area contributed by atoms with Crippen molar-refractivity contribution in [1.29, 1.82) is 0 Å². The minimum absolute atomic E-state index is 0.663. The molecule has 2 rings (SSSR count). The molecule has 2 aromatic carbocycles. The molecule has 0 fully saturated rings. The average molecular weight is 418 g/mol. The first-order chi connectivity index (χ1) is 10.2. The summed E-state index contributed by atoms with van der Waals surface area (Å²) in [4.78, 5) is 0. The third kappa shape index (κ3) is 5.47. The van der Waals surface area contributed by atoms with Crippen LogP contribution >= 0.6 is 34.2 Å². The molecule has 112 valence electrons. The van der Waals surface area contributed by atoms with Crippen LogP contribution in [0.4, 0.5) is 0 Å². The zero-order valence-electron chi connectivity index (χ0n) is 11.7. The summed E-state index contributed by atoms with van der Waals surface area (Å²) in [6, 6.07) is 13.6. The van der Waals surface area contributed by atoms with Crippen molar-refractivity contribution >= 4 is 34.2 Å². The van der Waals surface area contributed by atoms with Crippen LogP contribution < -0.4 is 10.1 Å². The van der Waals surface area contributed by atoms with Gasteiger partial charge in [0.25, 0.3) is 0 Å². The van der Waals surface area contributed by atoms with Gasteiger partial charge in [-0.15, -0.1) is 0 Å². The Morgan fingerprint density at radius 3 is 2.62 bits per heavy atom. The third-order valence-corrected chi connectivity index (χ3v) is 3.82. The molecule has 0 aliphatic heterocycles. The van der Waals surface area contributed by atoms with E-state index in [1.54, 1.807) is 7.11 Å². The Balaban J connectivity index is 2.09. The van der Waals surface area contributed by atoms with E-state index in [9.17, 15) is 0 Å². The summed E-state index contributed by atoms with van der Waals surface area (Å²) in [6.07, 6.45) is 0. The molecule has 0 amide bonds. The molecule has 3 nitrogen and oxygen atoms in total. The molecule has 0 saturated carbocycles. The van der Waals surface area contributed by atoms with Crippen molar-refractivity contribution in [1.82, 2.24) is 5.32 Å². The predicted octanol–water partition coefficient (Wildman–Crippen LogP) is 4.47. The van der Waals surface area contributed by atoms with Gasteiger partial charge in [-0.1, -0.05) is 17.7 Å². The summed E-state index contributed by atoms with van der Waals surface area (Å²) < 4.78 is 12.1. The molecule has 0 aromatic heterocycles. The first kappa shape index (κ1) is 16.5. The fraction of sp³-hybridized carbons (Fsp3) is 0.250. The first-order valence-electron chi connectivity index (χ1n) is 6.60. The predicted molar refractivity (Wildman–Crippen MR) is 94.3 cm³/mol. The van der Waals surface area contributed by atoms with E-state index in [1.807, 2.05) is 42.5 Å². The molecule has 0 unspecified atom stereocenters. The van der Waals surface area contributed by atoms with E-state index < -0.39 is 0 Å². The number of ether oxygens (including phenoxy) is 2. The van der Waals surface area contributed by atoms with Gasteiger partial charge in [-0.3, -0.25) is 0 Å². The normalized spacial score (nSPS) is 10.6. The number of halogens is 2. The molecular formula is C16H17ClINO2. The van der Waals surface area contributed by atoms with Crippen LogP contribution in [0.15, 0.2) is 42.5 Å². The van der Waals surface area contributed by atoms with Gasteiger partial charge >= 0.3 is 0 Å². The Morgan fingerprint density at radius 1 is 1.14 bits per heavy atom. The van der Waals surface area contributed by atoms with Crippen LogP contribution in [0.5, 0.6) is 11.5 Å². The van der Waals surface area contributed by atoms with E-state index in [-0.39, 0.29) is 0 Å². The van der Waals surface area contributed by atoms with Crippen molar-refractivity contribution in [2.45, 2.75) is 6.54 Å². The molecule has 0 aliphatic rings. The van der Waals surface area contributed by atoms with E-state index >= 15 is 0 Å². The molecule has 5 heteroatoms. The van der Waals surface area contributed by atoms with Crippen molar-refractivity contribution in [2.24, 2.45) is 0 Å². The van der Waals surface area contributed by atoms with Crippen LogP contribution in [0.3, 0.4) is 0 Å². The maximum absolute atomic E-state index is 6.07. The average Bonchev–Trinajstić information content (AvgIpc) is 2.48. The van der Waals surface area contributed by atoms with Crippen LogP contribution in [0.2, 0.25) is 5.02 Å². The lowest BCUT2D eigenvalue weighted by Gasteiger charge is -2.12. The standard InChI is InChI=1S/C16H17ClINO2/c1-20-9-8-19-11-12-2-3-13(17)10-16(12)21-15-6-4-14(18)5-7-15/h2-7,10,19H,8-9,11H2,1H3. The van der Waals surface area contributed by atoms with Gasteiger partial charge in [-0.2, -0.15) is 0 Å². The van der Waals surface area contributed by atoms with Gasteiger partial charge in [0.05, 0.1) is 6.61 Å². The number of methoxy groups -OCH3 is 1. The molecule has 0 saturated heterocycles. The maximum atomic E-state index is 6.07. The summed E-state index contributed by atoms with van der Waals surface area (Å²) in [5, 5.41) is 3.97. The van der Waals surface area contributed by atoms with E-state index in [0.717, 1.165) is 23.6 Å². The van der Waals surface area contributed by atoms with Gasteiger partial charge in [0.2, 0.25) is 0 Å². The molecule has 0 heterocycles. The minimum atomic E-state index is 0.663. The highest BCUT2D eigenvalue weighted by Gasteiger charge is 2.06. The van der Waals surface area contributed by atoms with E-state index in [4.69, 9.17) is 21.1 Å². The van der Waals surface area contributed by atoms with Gasteiger partial charge in [-0.05, 0) is 59.0 Å². The van der Waals surface area contributed by atoms with Gasteiger partial charge in [0.15, 0.2) is 0 Å².